The number of imidazole rings is 1. The first kappa shape index (κ1) is 22.4. The van der Waals surface area contributed by atoms with E-state index in [1.807, 2.05) is 42.5 Å². The van der Waals surface area contributed by atoms with E-state index in [0.717, 1.165) is 40.8 Å². The molecule has 0 amide bonds. The lowest BCUT2D eigenvalue weighted by atomic mass is 9.98. The third-order valence-corrected chi connectivity index (χ3v) is 5.84. The number of aromatic carboxylic acids is 1. The van der Waals surface area contributed by atoms with Crippen LogP contribution < -0.4 is 4.74 Å². The Bertz CT molecular complexity index is 1290. The Morgan fingerprint density at radius 1 is 1.09 bits per heavy atom. The SMILES string of the molecule is COc1cc2c(cc1O)nc(CCC(C)C)n2Cc1ccc(-c2ccccc2C(=O)O)cc1. The minimum Gasteiger partial charge on any atom is -0.504 e. The number of ether oxygens (including phenoxy) is 1. The van der Waals surface area contributed by atoms with Crippen LogP contribution in [0.1, 0.15) is 42.0 Å². The van der Waals surface area contributed by atoms with Crippen molar-refractivity contribution < 1.29 is 19.7 Å². The van der Waals surface area contributed by atoms with Gasteiger partial charge in [-0.3, -0.25) is 0 Å². The molecule has 0 radical (unpaired) electrons. The van der Waals surface area contributed by atoms with Gasteiger partial charge in [-0.05, 0) is 35.1 Å². The number of aryl methyl sites for hydroxylation is 1. The summed E-state index contributed by atoms with van der Waals surface area (Å²) in [5, 5.41) is 19.7. The predicted molar refractivity (Wildman–Crippen MR) is 129 cm³/mol. The molecule has 6 heteroatoms. The van der Waals surface area contributed by atoms with E-state index in [9.17, 15) is 15.0 Å². The molecule has 0 saturated carbocycles. The van der Waals surface area contributed by atoms with Gasteiger partial charge in [-0.25, -0.2) is 9.78 Å². The van der Waals surface area contributed by atoms with Crippen LogP contribution in [-0.4, -0.2) is 32.8 Å². The molecular weight excluding hydrogens is 416 g/mol. The molecule has 4 rings (SSSR count). The maximum absolute atomic E-state index is 11.6. The van der Waals surface area contributed by atoms with Crippen molar-refractivity contribution in [3.63, 3.8) is 0 Å². The van der Waals surface area contributed by atoms with Gasteiger partial charge in [0, 0.05) is 25.1 Å². The average Bonchev–Trinajstić information content (AvgIpc) is 3.13. The molecule has 0 atom stereocenters. The summed E-state index contributed by atoms with van der Waals surface area (Å²) in [4.78, 5) is 16.4. The van der Waals surface area contributed by atoms with Crippen LogP contribution in [-0.2, 0) is 13.0 Å². The molecule has 0 aliphatic rings. The molecule has 170 valence electrons. The Morgan fingerprint density at radius 2 is 1.82 bits per heavy atom. The second-order valence-corrected chi connectivity index (χ2v) is 8.61. The first-order valence-electron chi connectivity index (χ1n) is 11.0. The van der Waals surface area contributed by atoms with Crippen molar-refractivity contribution in [2.45, 2.75) is 33.2 Å². The van der Waals surface area contributed by atoms with Crippen molar-refractivity contribution in [3.05, 3.63) is 77.6 Å². The molecule has 4 aromatic rings. The molecule has 33 heavy (non-hydrogen) atoms. The Morgan fingerprint density at radius 3 is 2.48 bits per heavy atom. The van der Waals surface area contributed by atoms with Gasteiger partial charge in [-0.1, -0.05) is 56.3 Å². The maximum atomic E-state index is 11.6. The molecule has 2 N–H and O–H groups in total. The summed E-state index contributed by atoms with van der Waals surface area (Å²) < 4.78 is 7.49. The number of carboxylic acids is 1. The zero-order valence-electron chi connectivity index (χ0n) is 19.1. The lowest BCUT2D eigenvalue weighted by Gasteiger charge is -2.12. The fourth-order valence-corrected chi connectivity index (χ4v) is 4.03. The Kier molecular flexibility index (Phi) is 6.36. The van der Waals surface area contributed by atoms with Crippen LogP contribution in [0.3, 0.4) is 0 Å². The molecule has 1 heterocycles. The van der Waals surface area contributed by atoms with E-state index >= 15 is 0 Å². The number of fused-ring (bicyclic) bond motifs is 1. The van der Waals surface area contributed by atoms with E-state index in [1.165, 1.54) is 7.11 Å². The van der Waals surface area contributed by atoms with Gasteiger partial charge in [0.2, 0.25) is 0 Å². The van der Waals surface area contributed by atoms with Crippen molar-refractivity contribution in [1.29, 1.82) is 0 Å². The Balaban J connectivity index is 1.70. The summed E-state index contributed by atoms with van der Waals surface area (Å²) in [7, 11) is 1.54. The van der Waals surface area contributed by atoms with Crippen LogP contribution in [0.5, 0.6) is 11.5 Å². The van der Waals surface area contributed by atoms with Crippen LogP contribution in [0.2, 0.25) is 0 Å². The molecule has 0 aliphatic heterocycles. The van der Waals surface area contributed by atoms with Gasteiger partial charge >= 0.3 is 5.97 Å². The molecule has 0 unspecified atom stereocenters. The maximum Gasteiger partial charge on any atom is 0.336 e. The van der Waals surface area contributed by atoms with Gasteiger partial charge in [0.1, 0.15) is 5.82 Å². The van der Waals surface area contributed by atoms with Gasteiger partial charge < -0.3 is 19.5 Å². The van der Waals surface area contributed by atoms with Crippen molar-refractivity contribution in [1.82, 2.24) is 9.55 Å². The normalized spacial score (nSPS) is 11.3. The summed E-state index contributed by atoms with van der Waals surface area (Å²) in [6.45, 7) is 4.99. The highest BCUT2D eigenvalue weighted by molar-refractivity contribution is 5.96. The Hall–Kier alpha value is -3.80. The molecular formula is C27H28N2O4. The van der Waals surface area contributed by atoms with Crippen LogP contribution in [0.15, 0.2) is 60.7 Å². The number of aromatic hydroxyl groups is 1. The molecule has 0 fully saturated rings. The topological polar surface area (TPSA) is 84.6 Å². The first-order chi connectivity index (χ1) is 15.9. The minimum atomic E-state index is -0.938. The van der Waals surface area contributed by atoms with Crippen LogP contribution >= 0.6 is 0 Å². The monoisotopic (exact) mass is 444 g/mol. The fraction of sp³-hybridized carbons (Fsp3) is 0.259. The summed E-state index contributed by atoms with van der Waals surface area (Å²) in [6.07, 6.45) is 1.84. The average molecular weight is 445 g/mol. The molecule has 0 bridgehead atoms. The lowest BCUT2D eigenvalue weighted by molar-refractivity contribution is 0.0697. The van der Waals surface area contributed by atoms with E-state index in [1.54, 1.807) is 18.2 Å². The van der Waals surface area contributed by atoms with Crippen LogP contribution in [0.4, 0.5) is 0 Å². The second kappa shape index (κ2) is 9.36. The van der Waals surface area contributed by atoms with Gasteiger partial charge in [-0.15, -0.1) is 0 Å². The van der Waals surface area contributed by atoms with E-state index in [2.05, 4.69) is 18.4 Å². The fourth-order valence-electron chi connectivity index (χ4n) is 4.03. The predicted octanol–water partition coefficient (Wildman–Crippen LogP) is 5.75. The Labute approximate surface area is 193 Å². The number of phenolic OH excluding ortho intramolecular Hbond substituents is 1. The third-order valence-electron chi connectivity index (χ3n) is 5.84. The van der Waals surface area contributed by atoms with Crippen LogP contribution in [0, 0.1) is 5.92 Å². The smallest absolute Gasteiger partial charge is 0.336 e. The van der Waals surface area contributed by atoms with Gasteiger partial charge in [-0.2, -0.15) is 0 Å². The number of rotatable bonds is 8. The number of aromatic nitrogens is 2. The van der Waals surface area contributed by atoms with Crippen molar-refractivity contribution in [3.8, 4) is 22.6 Å². The van der Waals surface area contributed by atoms with E-state index in [-0.39, 0.29) is 11.3 Å². The largest absolute Gasteiger partial charge is 0.504 e. The number of carboxylic acid groups (broad SMARTS) is 1. The highest BCUT2D eigenvalue weighted by Gasteiger charge is 2.16. The quantitative estimate of drug-likeness (QED) is 0.361. The van der Waals surface area contributed by atoms with E-state index in [0.29, 0.717) is 23.8 Å². The summed E-state index contributed by atoms with van der Waals surface area (Å²) in [6, 6.07) is 18.4. The highest BCUT2D eigenvalue weighted by atomic mass is 16.5. The van der Waals surface area contributed by atoms with Gasteiger partial charge in [0.15, 0.2) is 11.5 Å². The lowest BCUT2D eigenvalue weighted by Crippen LogP contribution is -2.07. The zero-order chi connectivity index (χ0) is 23.5. The first-order valence-corrected chi connectivity index (χ1v) is 11.0. The number of benzene rings is 3. The number of carbonyl (C=O) groups is 1. The van der Waals surface area contributed by atoms with Gasteiger partial charge in [0.05, 0.1) is 23.7 Å². The molecule has 1 aromatic heterocycles. The number of methoxy groups -OCH3 is 1. The molecule has 0 aliphatic carbocycles. The van der Waals surface area contributed by atoms with Crippen molar-refractivity contribution in [2.24, 2.45) is 5.92 Å². The van der Waals surface area contributed by atoms with Crippen molar-refractivity contribution in [2.75, 3.05) is 7.11 Å². The summed E-state index contributed by atoms with van der Waals surface area (Å²) >= 11 is 0. The third kappa shape index (κ3) is 4.70. The summed E-state index contributed by atoms with van der Waals surface area (Å²) in [5.74, 6) is 1.07. The molecule has 0 spiro atoms. The standard InChI is InChI=1S/C27H28N2O4/c1-17(2)8-13-26-28-22-14-24(30)25(33-3)15-23(22)29(26)16-18-9-11-19(12-10-18)20-6-4-5-7-21(20)27(31)32/h4-7,9-12,14-15,17,30H,8,13,16H2,1-3H3,(H,31,32). The number of phenols is 1. The number of hydrogen-bond acceptors (Lipinski definition) is 4. The van der Waals surface area contributed by atoms with Crippen LogP contribution in [0.25, 0.3) is 22.2 Å². The molecule has 0 saturated heterocycles. The van der Waals surface area contributed by atoms with Gasteiger partial charge in [0.25, 0.3) is 0 Å². The second-order valence-electron chi connectivity index (χ2n) is 8.61. The highest BCUT2D eigenvalue weighted by Crippen LogP contribution is 2.32. The van der Waals surface area contributed by atoms with E-state index < -0.39 is 5.97 Å². The minimum absolute atomic E-state index is 0.0755. The summed E-state index contributed by atoms with van der Waals surface area (Å²) in [5.41, 5.74) is 4.56. The molecule has 6 nitrogen and oxygen atoms in total. The number of nitrogens with zero attached hydrogens (tertiary/aromatic N) is 2. The van der Waals surface area contributed by atoms with Crippen molar-refractivity contribution >= 4 is 17.0 Å². The number of hydrogen-bond donors (Lipinski definition) is 2. The van der Waals surface area contributed by atoms with E-state index in [4.69, 9.17) is 9.72 Å². The zero-order valence-corrected chi connectivity index (χ0v) is 19.1. The molecule has 3 aromatic carbocycles.